The van der Waals surface area contributed by atoms with Crippen LogP contribution in [0.25, 0.3) is 11.1 Å². The lowest BCUT2D eigenvalue weighted by Gasteiger charge is -2.23. The van der Waals surface area contributed by atoms with Gasteiger partial charge in [0.05, 0.1) is 16.6 Å². The molecule has 2 fully saturated rings. The maximum absolute atomic E-state index is 13.3. The van der Waals surface area contributed by atoms with Crippen molar-refractivity contribution in [2.24, 2.45) is 11.1 Å². The van der Waals surface area contributed by atoms with Crippen LogP contribution in [0.5, 0.6) is 0 Å². The zero-order valence-electron chi connectivity index (χ0n) is 15.5. The number of carbonyl (C=O) groups is 1. The second kappa shape index (κ2) is 7.16. The topological polar surface area (TPSA) is 85.2 Å². The molecule has 0 bridgehead atoms. The summed E-state index contributed by atoms with van der Waals surface area (Å²) in [5.74, 6) is 0.524. The van der Waals surface area contributed by atoms with E-state index in [1.807, 2.05) is 11.0 Å². The largest absolute Gasteiger partial charge is 0.338 e. The SMILES string of the molecule is CCCc1noc2nc(C3CC3)cc(C(=O)N3CCC(C)(CN)C3)c12.Cl. The van der Waals surface area contributed by atoms with Crippen LogP contribution in [-0.4, -0.2) is 40.6 Å². The van der Waals surface area contributed by atoms with Crippen molar-refractivity contribution in [3.05, 3.63) is 23.0 Å². The van der Waals surface area contributed by atoms with Crippen molar-refractivity contribution in [2.75, 3.05) is 19.6 Å². The molecule has 7 heteroatoms. The molecule has 0 spiro atoms. The highest BCUT2D eigenvalue weighted by Crippen LogP contribution is 2.41. The van der Waals surface area contributed by atoms with Crippen LogP contribution < -0.4 is 5.73 Å². The number of carbonyl (C=O) groups excluding carboxylic acids is 1. The summed E-state index contributed by atoms with van der Waals surface area (Å²) in [7, 11) is 0. The number of fused-ring (bicyclic) bond motifs is 1. The first-order valence-electron chi connectivity index (χ1n) is 9.33. The van der Waals surface area contributed by atoms with E-state index < -0.39 is 0 Å². The molecule has 2 aromatic rings. The Hall–Kier alpha value is -1.66. The molecule has 1 saturated heterocycles. The van der Waals surface area contributed by atoms with E-state index in [4.69, 9.17) is 10.3 Å². The summed E-state index contributed by atoms with van der Waals surface area (Å²) in [6.45, 7) is 6.31. The quantitative estimate of drug-likeness (QED) is 0.862. The molecule has 1 aliphatic carbocycles. The standard InChI is InChI=1S/C19H26N4O2.ClH/c1-3-4-14-16-13(18(24)23-8-7-19(2,10-20)11-23)9-15(12-5-6-12)21-17(16)25-22-14;/h9,12H,3-8,10-11,20H2,1-2H3;1H. The van der Waals surface area contributed by atoms with Gasteiger partial charge in [-0.15, -0.1) is 12.4 Å². The highest BCUT2D eigenvalue weighted by Gasteiger charge is 2.37. The van der Waals surface area contributed by atoms with Crippen LogP contribution in [0.15, 0.2) is 10.6 Å². The third-order valence-corrected chi connectivity index (χ3v) is 5.59. The fourth-order valence-corrected chi connectivity index (χ4v) is 3.73. The van der Waals surface area contributed by atoms with E-state index in [0.717, 1.165) is 55.4 Å². The normalized spacial score (nSPS) is 22.7. The number of hydrogen-bond donors (Lipinski definition) is 1. The number of aryl methyl sites for hydroxylation is 1. The Kier molecular flexibility index (Phi) is 5.26. The molecule has 0 radical (unpaired) electrons. The zero-order valence-corrected chi connectivity index (χ0v) is 16.3. The van der Waals surface area contributed by atoms with E-state index in [9.17, 15) is 4.79 Å². The predicted octanol–water partition coefficient (Wildman–Crippen LogP) is 3.29. The van der Waals surface area contributed by atoms with Gasteiger partial charge in [-0.2, -0.15) is 0 Å². The van der Waals surface area contributed by atoms with Crippen LogP contribution >= 0.6 is 12.4 Å². The monoisotopic (exact) mass is 378 g/mol. The Morgan fingerprint density at radius 2 is 2.23 bits per heavy atom. The lowest BCUT2D eigenvalue weighted by molar-refractivity contribution is 0.0778. The van der Waals surface area contributed by atoms with E-state index in [1.54, 1.807) is 0 Å². The van der Waals surface area contributed by atoms with Crippen LogP contribution in [0.2, 0.25) is 0 Å². The summed E-state index contributed by atoms with van der Waals surface area (Å²) in [6, 6.07) is 1.98. The van der Waals surface area contributed by atoms with Crippen molar-refractivity contribution in [3.8, 4) is 0 Å². The van der Waals surface area contributed by atoms with Crippen LogP contribution in [0.3, 0.4) is 0 Å². The van der Waals surface area contributed by atoms with Crippen LogP contribution in [0, 0.1) is 5.41 Å². The minimum atomic E-state index is 0. The predicted molar refractivity (Wildman–Crippen MR) is 103 cm³/mol. The Balaban J connectivity index is 0.00000196. The highest BCUT2D eigenvalue weighted by atomic mass is 35.5. The molecule has 1 amide bonds. The van der Waals surface area contributed by atoms with E-state index in [2.05, 4.69) is 24.0 Å². The maximum Gasteiger partial charge on any atom is 0.259 e. The smallest absolute Gasteiger partial charge is 0.259 e. The van der Waals surface area contributed by atoms with E-state index in [0.29, 0.717) is 30.3 Å². The Bertz CT molecular complexity index is 817. The Morgan fingerprint density at radius 3 is 2.85 bits per heavy atom. The first-order chi connectivity index (χ1) is 12.0. The molecule has 3 heterocycles. The number of hydrogen-bond acceptors (Lipinski definition) is 5. The number of halogens is 1. The maximum atomic E-state index is 13.3. The first kappa shape index (κ1) is 19.1. The molecule has 2 N–H and O–H groups in total. The molecule has 6 nitrogen and oxygen atoms in total. The second-order valence-corrected chi connectivity index (χ2v) is 7.92. The van der Waals surface area contributed by atoms with Gasteiger partial charge in [0.1, 0.15) is 0 Å². The minimum Gasteiger partial charge on any atom is -0.338 e. The summed E-state index contributed by atoms with van der Waals surface area (Å²) in [5, 5.41) is 5.00. The summed E-state index contributed by atoms with van der Waals surface area (Å²) in [6.07, 6.45) is 4.96. The molecular formula is C19H27ClN4O2. The van der Waals surface area contributed by atoms with Gasteiger partial charge in [-0.3, -0.25) is 4.79 Å². The molecule has 142 valence electrons. The minimum absolute atomic E-state index is 0. The fourth-order valence-electron chi connectivity index (χ4n) is 3.73. The van der Waals surface area contributed by atoms with Crippen molar-refractivity contribution in [1.82, 2.24) is 15.0 Å². The van der Waals surface area contributed by atoms with Crippen LogP contribution in [0.4, 0.5) is 0 Å². The molecule has 1 atom stereocenters. The number of rotatable bonds is 5. The molecule has 4 rings (SSSR count). The molecule has 2 aliphatic rings. The van der Waals surface area contributed by atoms with E-state index >= 15 is 0 Å². The average Bonchev–Trinajstić information content (AvgIpc) is 3.29. The molecule has 1 unspecified atom stereocenters. The molecule has 0 aromatic carbocycles. The van der Waals surface area contributed by atoms with Crippen molar-refractivity contribution >= 4 is 29.4 Å². The summed E-state index contributed by atoms with van der Waals surface area (Å²) in [4.78, 5) is 19.9. The van der Waals surface area contributed by atoms with Gasteiger partial charge in [-0.1, -0.05) is 25.4 Å². The van der Waals surface area contributed by atoms with Crippen molar-refractivity contribution in [1.29, 1.82) is 0 Å². The number of amides is 1. The number of pyridine rings is 1. The van der Waals surface area contributed by atoms with Gasteiger partial charge in [0.2, 0.25) is 0 Å². The van der Waals surface area contributed by atoms with Crippen molar-refractivity contribution in [2.45, 2.75) is 51.9 Å². The molecule has 1 saturated carbocycles. The van der Waals surface area contributed by atoms with Gasteiger partial charge in [0.25, 0.3) is 11.6 Å². The van der Waals surface area contributed by atoms with Gasteiger partial charge in [-0.05, 0) is 43.7 Å². The van der Waals surface area contributed by atoms with Crippen molar-refractivity contribution < 1.29 is 9.32 Å². The van der Waals surface area contributed by atoms with Gasteiger partial charge in [-0.25, -0.2) is 4.98 Å². The average molecular weight is 379 g/mol. The molecule has 2 aromatic heterocycles. The molecule has 26 heavy (non-hydrogen) atoms. The number of likely N-dealkylation sites (tertiary alicyclic amines) is 1. The van der Waals surface area contributed by atoms with E-state index in [1.165, 1.54) is 0 Å². The Morgan fingerprint density at radius 1 is 1.46 bits per heavy atom. The zero-order chi connectivity index (χ0) is 17.6. The van der Waals surface area contributed by atoms with Gasteiger partial charge in [0.15, 0.2) is 0 Å². The van der Waals surface area contributed by atoms with Crippen molar-refractivity contribution in [3.63, 3.8) is 0 Å². The summed E-state index contributed by atoms with van der Waals surface area (Å²) >= 11 is 0. The number of nitrogens with two attached hydrogens (primary N) is 1. The van der Waals surface area contributed by atoms with Crippen LogP contribution in [-0.2, 0) is 6.42 Å². The third kappa shape index (κ3) is 3.32. The summed E-state index contributed by atoms with van der Waals surface area (Å²) in [5.41, 5.74) is 8.95. The lowest BCUT2D eigenvalue weighted by Crippen LogP contribution is -2.34. The molecular weight excluding hydrogens is 352 g/mol. The van der Waals surface area contributed by atoms with Crippen LogP contribution in [0.1, 0.15) is 67.2 Å². The fraction of sp³-hybridized carbons (Fsp3) is 0.632. The third-order valence-electron chi connectivity index (χ3n) is 5.59. The summed E-state index contributed by atoms with van der Waals surface area (Å²) < 4.78 is 5.48. The Labute approximate surface area is 159 Å². The van der Waals surface area contributed by atoms with Gasteiger partial charge >= 0.3 is 0 Å². The molecule has 1 aliphatic heterocycles. The first-order valence-corrected chi connectivity index (χ1v) is 9.33. The van der Waals surface area contributed by atoms with Gasteiger partial charge < -0.3 is 15.2 Å². The number of nitrogens with zero attached hydrogens (tertiary/aromatic N) is 3. The van der Waals surface area contributed by atoms with E-state index in [-0.39, 0.29) is 23.7 Å². The highest BCUT2D eigenvalue weighted by molar-refractivity contribution is 6.06. The van der Waals surface area contributed by atoms with Gasteiger partial charge in [0, 0.05) is 24.7 Å². The second-order valence-electron chi connectivity index (χ2n) is 7.92. The number of aromatic nitrogens is 2. The lowest BCUT2D eigenvalue weighted by atomic mass is 9.90.